The highest BCUT2D eigenvalue weighted by atomic mass is 16.5. The van der Waals surface area contributed by atoms with Gasteiger partial charge in [0.05, 0.1) is 11.9 Å². The van der Waals surface area contributed by atoms with Gasteiger partial charge in [0.2, 0.25) is 0 Å². The van der Waals surface area contributed by atoms with E-state index in [1.54, 1.807) is 19.4 Å². The highest BCUT2D eigenvalue weighted by Gasteiger charge is 2.19. The van der Waals surface area contributed by atoms with Crippen LogP contribution in [0.2, 0.25) is 0 Å². The average molecular weight is 231 g/mol. The Morgan fingerprint density at radius 1 is 1.47 bits per heavy atom. The van der Waals surface area contributed by atoms with Gasteiger partial charge in [0.1, 0.15) is 11.8 Å². The fourth-order valence-corrected chi connectivity index (χ4v) is 2.23. The van der Waals surface area contributed by atoms with Gasteiger partial charge in [-0.1, -0.05) is 0 Å². The van der Waals surface area contributed by atoms with E-state index >= 15 is 0 Å². The second-order valence-electron chi connectivity index (χ2n) is 4.40. The molecule has 1 saturated heterocycles. The van der Waals surface area contributed by atoms with Crippen LogP contribution < -0.4 is 4.90 Å². The number of methoxy groups -OCH3 is 1. The summed E-state index contributed by atoms with van der Waals surface area (Å²) >= 11 is 0. The number of hydrogen-bond acceptors (Lipinski definition) is 4. The lowest BCUT2D eigenvalue weighted by Gasteiger charge is -2.33. The average Bonchev–Trinajstić information content (AvgIpc) is 2.40. The predicted molar refractivity (Wildman–Crippen MR) is 65.8 cm³/mol. The molecular weight excluding hydrogens is 214 g/mol. The molecule has 0 unspecified atom stereocenters. The maximum Gasteiger partial charge on any atom is 0.140 e. The Bertz CT molecular complexity index is 388. The van der Waals surface area contributed by atoms with Crippen molar-refractivity contribution in [3.8, 4) is 6.07 Å². The Balaban J connectivity index is 1.94. The first kappa shape index (κ1) is 11.9. The summed E-state index contributed by atoms with van der Waals surface area (Å²) in [6.45, 7) is 2.95. The van der Waals surface area contributed by atoms with E-state index in [0.717, 1.165) is 38.2 Å². The van der Waals surface area contributed by atoms with E-state index in [1.807, 2.05) is 12.1 Å². The Hall–Kier alpha value is -1.60. The number of nitriles is 1. The molecule has 0 radical (unpaired) electrons. The number of nitrogens with zero attached hydrogens (tertiary/aromatic N) is 3. The number of hydrogen-bond donors (Lipinski definition) is 0. The van der Waals surface area contributed by atoms with Crippen molar-refractivity contribution in [2.75, 3.05) is 31.7 Å². The zero-order valence-electron chi connectivity index (χ0n) is 10.1. The normalized spacial score (nSPS) is 16.8. The monoisotopic (exact) mass is 231 g/mol. The largest absolute Gasteiger partial charge is 0.384 e. The van der Waals surface area contributed by atoms with Gasteiger partial charge in [-0.3, -0.25) is 0 Å². The van der Waals surface area contributed by atoms with Crippen LogP contribution in [-0.2, 0) is 4.74 Å². The Labute approximate surface area is 102 Å². The minimum atomic E-state index is 0.475. The second-order valence-corrected chi connectivity index (χ2v) is 4.40. The molecule has 1 aromatic heterocycles. The lowest BCUT2D eigenvalue weighted by molar-refractivity contribution is 0.139. The van der Waals surface area contributed by atoms with E-state index in [2.05, 4.69) is 9.88 Å². The molecule has 0 amide bonds. The molecule has 17 heavy (non-hydrogen) atoms. The Morgan fingerprint density at radius 2 is 2.24 bits per heavy atom. The van der Waals surface area contributed by atoms with Gasteiger partial charge in [-0.05, 0) is 30.9 Å². The number of rotatable bonds is 3. The summed E-state index contributed by atoms with van der Waals surface area (Å²) in [5, 5.41) is 8.69. The highest BCUT2D eigenvalue weighted by Crippen LogP contribution is 2.22. The van der Waals surface area contributed by atoms with E-state index in [-0.39, 0.29) is 0 Å². The fraction of sp³-hybridized carbons (Fsp3) is 0.538. The molecule has 1 aliphatic rings. The summed E-state index contributed by atoms with van der Waals surface area (Å²) in [5.41, 5.74) is 1.59. The predicted octanol–water partition coefficient (Wildman–Crippen LogP) is 1.82. The van der Waals surface area contributed by atoms with Gasteiger partial charge in [0.15, 0.2) is 0 Å². The van der Waals surface area contributed by atoms with Crippen LogP contribution in [-0.4, -0.2) is 31.8 Å². The van der Waals surface area contributed by atoms with Crippen LogP contribution in [0.15, 0.2) is 18.3 Å². The third-order valence-electron chi connectivity index (χ3n) is 3.24. The molecule has 90 valence electrons. The summed E-state index contributed by atoms with van der Waals surface area (Å²) in [4.78, 5) is 6.42. The molecule has 0 N–H and O–H groups in total. The first-order valence-corrected chi connectivity index (χ1v) is 5.93. The number of ether oxygens (including phenoxy) is 1. The van der Waals surface area contributed by atoms with Gasteiger partial charge in [-0.15, -0.1) is 0 Å². The third-order valence-corrected chi connectivity index (χ3v) is 3.24. The van der Waals surface area contributed by atoms with Crippen LogP contribution in [0.3, 0.4) is 0 Å². The standard InChI is InChI=1S/C13H17N3O/c1-17-10-11-4-6-16(7-5-11)13-3-2-12(8-14)15-9-13/h2-3,9,11H,4-7,10H2,1H3. The molecule has 1 aliphatic heterocycles. The molecule has 0 bridgehead atoms. The zero-order valence-corrected chi connectivity index (χ0v) is 10.1. The quantitative estimate of drug-likeness (QED) is 0.796. The third kappa shape index (κ3) is 2.95. The van der Waals surface area contributed by atoms with Crippen LogP contribution in [0, 0.1) is 17.2 Å². The number of piperidine rings is 1. The van der Waals surface area contributed by atoms with Crippen molar-refractivity contribution in [3.63, 3.8) is 0 Å². The van der Waals surface area contributed by atoms with E-state index in [4.69, 9.17) is 10.00 Å². The molecule has 0 aromatic carbocycles. The van der Waals surface area contributed by atoms with Crippen LogP contribution >= 0.6 is 0 Å². The van der Waals surface area contributed by atoms with Crippen LogP contribution in [0.1, 0.15) is 18.5 Å². The first-order chi connectivity index (χ1) is 8.33. The van der Waals surface area contributed by atoms with Gasteiger partial charge in [0.25, 0.3) is 0 Å². The van der Waals surface area contributed by atoms with Crippen LogP contribution in [0.5, 0.6) is 0 Å². The molecule has 0 aliphatic carbocycles. The maximum atomic E-state index is 8.69. The van der Waals surface area contributed by atoms with Gasteiger partial charge in [-0.25, -0.2) is 4.98 Å². The topological polar surface area (TPSA) is 49.1 Å². The molecule has 4 nitrogen and oxygen atoms in total. The molecule has 2 rings (SSSR count). The van der Waals surface area contributed by atoms with Gasteiger partial charge < -0.3 is 9.64 Å². The van der Waals surface area contributed by atoms with Gasteiger partial charge >= 0.3 is 0 Å². The van der Waals surface area contributed by atoms with E-state index in [9.17, 15) is 0 Å². The first-order valence-electron chi connectivity index (χ1n) is 5.93. The number of aromatic nitrogens is 1. The molecule has 1 fully saturated rings. The summed E-state index contributed by atoms with van der Waals surface area (Å²) in [7, 11) is 1.76. The molecule has 4 heteroatoms. The van der Waals surface area contributed by atoms with Crippen molar-refractivity contribution in [3.05, 3.63) is 24.0 Å². The lowest BCUT2D eigenvalue weighted by Crippen LogP contribution is -2.35. The lowest BCUT2D eigenvalue weighted by atomic mass is 9.97. The Kier molecular flexibility index (Phi) is 3.94. The van der Waals surface area contributed by atoms with Crippen molar-refractivity contribution in [2.24, 2.45) is 5.92 Å². The summed E-state index contributed by atoms with van der Waals surface area (Å²) in [6.07, 6.45) is 4.11. The number of anilines is 1. The summed E-state index contributed by atoms with van der Waals surface area (Å²) < 4.78 is 5.19. The molecule has 0 saturated carbocycles. The molecular formula is C13H17N3O. The Morgan fingerprint density at radius 3 is 2.76 bits per heavy atom. The zero-order chi connectivity index (χ0) is 12.1. The SMILES string of the molecule is COCC1CCN(c2ccc(C#N)nc2)CC1. The molecule has 1 aromatic rings. The second kappa shape index (κ2) is 5.65. The van der Waals surface area contributed by atoms with Gasteiger partial charge in [-0.2, -0.15) is 5.26 Å². The highest BCUT2D eigenvalue weighted by molar-refractivity contribution is 5.46. The number of pyridine rings is 1. The van der Waals surface area contributed by atoms with Crippen LogP contribution in [0.25, 0.3) is 0 Å². The molecule has 0 atom stereocenters. The van der Waals surface area contributed by atoms with E-state index in [1.165, 1.54) is 0 Å². The minimum Gasteiger partial charge on any atom is -0.384 e. The summed E-state index contributed by atoms with van der Waals surface area (Å²) in [5.74, 6) is 0.683. The van der Waals surface area contributed by atoms with Crippen molar-refractivity contribution in [1.82, 2.24) is 4.98 Å². The van der Waals surface area contributed by atoms with E-state index < -0.39 is 0 Å². The van der Waals surface area contributed by atoms with Crippen molar-refractivity contribution >= 4 is 5.69 Å². The smallest absolute Gasteiger partial charge is 0.140 e. The fourth-order valence-electron chi connectivity index (χ4n) is 2.23. The van der Waals surface area contributed by atoms with Crippen molar-refractivity contribution < 1.29 is 4.74 Å². The molecule has 2 heterocycles. The van der Waals surface area contributed by atoms with Gasteiger partial charge in [0, 0.05) is 26.8 Å². The van der Waals surface area contributed by atoms with Crippen LogP contribution in [0.4, 0.5) is 5.69 Å². The summed E-state index contributed by atoms with van der Waals surface area (Å²) in [6, 6.07) is 5.78. The van der Waals surface area contributed by atoms with E-state index in [0.29, 0.717) is 11.6 Å². The molecule has 0 spiro atoms. The van der Waals surface area contributed by atoms with Crippen molar-refractivity contribution in [1.29, 1.82) is 5.26 Å². The minimum absolute atomic E-state index is 0.475. The van der Waals surface area contributed by atoms with Crippen molar-refractivity contribution in [2.45, 2.75) is 12.8 Å². The maximum absolute atomic E-state index is 8.69.